The van der Waals surface area contributed by atoms with Crippen molar-refractivity contribution in [3.8, 4) is 0 Å². The van der Waals surface area contributed by atoms with Gasteiger partial charge in [0, 0.05) is 30.4 Å². The first-order chi connectivity index (χ1) is 13.2. The van der Waals surface area contributed by atoms with E-state index < -0.39 is 11.7 Å². The highest BCUT2D eigenvalue weighted by molar-refractivity contribution is 6.05. The summed E-state index contributed by atoms with van der Waals surface area (Å²) < 4.78 is 13.9. The minimum absolute atomic E-state index is 0.0367. The van der Waals surface area contributed by atoms with Crippen molar-refractivity contribution in [3.63, 3.8) is 0 Å². The van der Waals surface area contributed by atoms with Crippen molar-refractivity contribution in [2.45, 2.75) is 33.2 Å². The van der Waals surface area contributed by atoms with E-state index in [0.29, 0.717) is 24.3 Å². The van der Waals surface area contributed by atoms with Gasteiger partial charge in [0.15, 0.2) is 0 Å². The Balaban J connectivity index is 1.81. The van der Waals surface area contributed by atoms with Crippen LogP contribution >= 0.6 is 0 Å². The number of likely N-dealkylation sites (tertiary alicyclic amines) is 1. The van der Waals surface area contributed by atoms with Crippen molar-refractivity contribution in [1.82, 2.24) is 4.90 Å². The van der Waals surface area contributed by atoms with Gasteiger partial charge in [-0.3, -0.25) is 9.59 Å². The molecular weight excluding hydrogens is 357 g/mol. The first kappa shape index (κ1) is 20.0. The molecule has 0 aliphatic carbocycles. The molecule has 6 heteroatoms. The topological polar surface area (TPSA) is 75.4 Å². The van der Waals surface area contributed by atoms with E-state index in [9.17, 15) is 14.0 Å². The monoisotopic (exact) mass is 383 g/mol. The SMILES string of the molecule is Cc1ccc(C(=O)N2CCC(N)C(C)(C)C2)cc1NC(=O)c1ccccc1F. The highest BCUT2D eigenvalue weighted by Crippen LogP contribution is 2.29. The van der Waals surface area contributed by atoms with Crippen LogP contribution in [0.3, 0.4) is 0 Å². The van der Waals surface area contributed by atoms with Crippen molar-refractivity contribution >= 4 is 17.5 Å². The van der Waals surface area contributed by atoms with Crippen LogP contribution < -0.4 is 11.1 Å². The van der Waals surface area contributed by atoms with E-state index in [2.05, 4.69) is 19.2 Å². The number of nitrogens with two attached hydrogens (primary N) is 1. The van der Waals surface area contributed by atoms with E-state index >= 15 is 0 Å². The van der Waals surface area contributed by atoms with Gasteiger partial charge >= 0.3 is 0 Å². The summed E-state index contributed by atoms with van der Waals surface area (Å²) in [4.78, 5) is 27.2. The number of aryl methyl sites for hydroxylation is 1. The molecule has 1 aliphatic heterocycles. The van der Waals surface area contributed by atoms with Crippen molar-refractivity contribution in [2.24, 2.45) is 11.1 Å². The molecule has 0 bridgehead atoms. The van der Waals surface area contributed by atoms with Crippen LogP contribution in [0, 0.1) is 18.2 Å². The Morgan fingerprint density at radius 1 is 1.21 bits per heavy atom. The number of hydrogen-bond donors (Lipinski definition) is 2. The molecule has 1 atom stereocenters. The molecule has 5 nitrogen and oxygen atoms in total. The molecule has 0 spiro atoms. The lowest BCUT2D eigenvalue weighted by Gasteiger charge is -2.42. The van der Waals surface area contributed by atoms with Crippen LogP contribution in [0.2, 0.25) is 0 Å². The number of halogens is 1. The lowest BCUT2D eigenvalue weighted by atomic mass is 9.79. The van der Waals surface area contributed by atoms with Gasteiger partial charge in [-0.1, -0.05) is 32.0 Å². The summed E-state index contributed by atoms with van der Waals surface area (Å²) in [6, 6.07) is 11.0. The number of hydrogen-bond acceptors (Lipinski definition) is 3. The van der Waals surface area contributed by atoms with Gasteiger partial charge in [-0.25, -0.2) is 4.39 Å². The van der Waals surface area contributed by atoms with E-state index in [0.717, 1.165) is 12.0 Å². The molecule has 1 aliphatic rings. The Hall–Kier alpha value is -2.73. The summed E-state index contributed by atoms with van der Waals surface area (Å²) in [7, 11) is 0. The lowest BCUT2D eigenvalue weighted by Crippen LogP contribution is -2.54. The van der Waals surface area contributed by atoms with E-state index in [4.69, 9.17) is 5.73 Å². The van der Waals surface area contributed by atoms with Crippen LogP contribution in [0.5, 0.6) is 0 Å². The van der Waals surface area contributed by atoms with E-state index in [1.54, 1.807) is 29.2 Å². The highest BCUT2D eigenvalue weighted by atomic mass is 19.1. The first-order valence-electron chi connectivity index (χ1n) is 9.40. The van der Waals surface area contributed by atoms with Gasteiger partial charge < -0.3 is 16.0 Å². The third-order valence-corrected chi connectivity index (χ3v) is 5.45. The zero-order valence-electron chi connectivity index (χ0n) is 16.5. The summed E-state index contributed by atoms with van der Waals surface area (Å²) in [5, 5.41) is 2.72. The largest absolute Gasteiger partial charge is 0.338 e. The number of nitrogens with one attached hydrogen (secondary N) is 1. The second-order valence-electron chi connectivity index (χ2n) is 8.07. The lowest BCUT2D eigenvalue weighted by molar-refractivity contribution is 0.0533. The Kier molecular flexibility index (Phi) is 5.52. The third-order valence-electron chi connectivity index (χ3n) is 5.45. The predicted octanol–water partition coefficient (Wildman–Crippen LogP) is 3.59. The number of carbonyl (C=O) groups is 2. The van der Waals surface area contributed by atoms with Gasteiger partial charge in [-0.2, -0.15) is 0 Å². The maximum atomic E-state index is 13.9. The molecular formula is C22H26FN3O2. The molecule has 148 valence electrons. The number of benzene rings is 2. The highest BCUT2D eigenvalue weighted by Gasteiger charge is 2.35. The van der Waals surface area contributed by atoms with Gasteiger partial charge in [-0.15, -0.1) is 0 Å². The fourth-order valence-corrected chi connectivity index (χ4v) is 3.45. The molecule has 2 aromatic carbocycles. The molecule has 1 unspecified atom stereocenters. The van der Waals surface area contributed by atoms with Crippen LogP contribution in [0.1, 0.15) is 46.5 Å². The number of piperidine rings is 1. The Bertz CT molecular complexity index is 910. The second kappa shape index (κ2) is 7.72. The Morgan fingerprint density at radius 3 is 2.61 bits per heavy atom. The quantitative estimate of drug-likeness (QED) is 0.851. The summed E-state index contributed by atoms with van der Waals surface area (Å²) in [6.07, 6.45) is 0.751. The number of nitrogens with zero attached hydrogens (tertiary/aromatic N) is 1. The zero-order chi connectivity index (χ0) is 20.5. The summed E-state index contributed by atoms with van der Waals surface area (Å²) in [5.41, 5.74) is 7.75. The Labute approximate surface area is 164 Å². The first-order valence-corrected chi connectivity index (χ1v) is 9.40. The predicted molar refractivity (Wildman–Crippen MR) is 108 cm³/mol. The number of anilines is 1. The molecule has 2 amide bonds. The van der Waals surface area contributed by atoms with Crippen LogP contribution in [0.25, 0.3) is 0 Å². The van der Waals surface area contributed by atoms with Crippen molar-refractivity contribution < 1.29 is 14.0 Å². The number of rotatable bonds is 3. The van der Waals surface area contributed by atoms with Gasteiger partial charge in [0.05, 0.1) is 5.56 Å². The smallest absolute Gasteiger partial charge is 0.258 e. The van der Waals surface area contributed by atoms with Crippen LogP contribution in [-0.4, -0.2) is 35.8 Å². The molecule has 1 heterocycles. The normalized spacial score (nSPS) is 18.6. The van der Waals surface area contributed by atoms with E-state index in [1.807, 2.05) is 6.92 Å². The standard InChI is InChI=1S/C22H26FN3O2/c1-14-8-9-15(21(28)26-11-10-19(24)22(2,3)13-26)12-18(14)25-20(27)16-6-4-5-7-17(16)23/h4-9,12,19H,10-11,13,24H2,1-3H3,(H,25,27). The average molecular weight is 383 g/mol. The van der Waals surface area contributed by atoms with Crippen molar-refractivity contribution in [1.29, 1.82) is 0 Å². The van der Waals surface area contributed by atoms with Gasteiger partial charge in [0.2, 0.25) is 0 Å². The molecule has 1 saturated heterocycles. The fraction of sp³-hybridized carbons (Fsp3) is 0.364. The van der Waals surface area contributed by atoms with Gasteiger partial charge in [0.25, 0.3) is 11.8 Å². The van der Waals surface area contributed by atoms with Crippen LogP contribution in [0.4, 0.5) is 10.1 Å². The molecule has 28 heavy (non-hydrogen) atoms. The number of carbonyl (C=O) groups excluding carboxylic acids is 2. The fourth-order valence-electron chi connectivity index (χ4n) is 3.45. The van der Waals surface area contributed by atoms with Crippen molar-refractivity contribution in [2.75, 3.05) is 18.4 Å². The molecule has 0 aromatic heterocycles. The van der Waals surface area contributed by atoms with E-state index in [-0.39, 0.29) is 22.9 Å². The summed E-state index contributed by atoms with van der Waals surface area (Å²) in [6.45, 7) is 7.14. The third kappa shape index (κ3) is 4.07. The van der Waals surface area contributed by atoms with Crippen LogP contribution in [-0.2, 0) is 0 Å². The molecule has 3 rings (SSSR count). The average Bonchev–Trinajstić information content (AvgIpc) is 2.65. The van der Waals surface area contributed by atoms with Crippen LogP contribution in [0.15, 0.2) is 42.5 Å². The second-order valence-corrected chi connectivity index (χ2v) is 8.07. The minimum atomic E-state index is -0.586. The van der Waals surface area contributed by atoms with E-state index in [1.165, 1.54) is 18.2 Å². The minimum Gasteiger partial charge on any atom is -0.338 e. The summed E-state index contributed by atoms with van der Waals surface area (Å²) >= 11 is 0. The molecule has 2 aromatic rings. The zero-order valence-corrected chi connectivity index (χ0v) is 16.5. The van der Waals surface area contributed by atoms with Gasteiger partial charge in [0.1, 0.15) is 5.82 Å². The molecule has 0 radical (unpaired) electrons. The maximum absolute atomic E-state index is 13.9. The Morgan fingerprint density at radius 2 is 1.93 bits per heavy atom. The molecule has 3 N–H and O–H groups in total. The molecule has 1 fully saturated rings. The van der Waals surface area contributed by atoms with Gasteiger partial charge in [-0.05, 0) is 48.6 Å². The number of amides is 2. The summed E-state index contributed by atoms with van der Waals surface area (Å²) in [5.74, 6) is -1.23. The van der Waals surface area contributed by atoms with Crippen molar-refractivity contribution in [3.05, 3.63) is 65.0 Å². The molecule has 0 saturated carbocycles. The maximum Gasteiger partial charge on any atom is 0.258 e.